The van der Waals surface area contributed by atoms with E-state index >= 15 is 0 Å². The molecule has 0 aliphatic rings. The molecule has 2 N–H and O–H groups in total. The second-order valence-corrected chi connectivity index (χ2v) is 4.93. The van der Waals surface area contributed by atoms with E-state index in [4.69, 9.17) is 10.5 Å². The minimum atomic E-state index is -0.130. The summed E-state index contributed by atoms with van der Waals surface area (Å²) in [7, 11) is 0. The number of unbranched alkanes of at least 4 members (excludes halogenated alkanes) is 7. The molecule has 0 rings (SSSR count). The molecule has 0 fully saturated rings. The average molecular weight is 269 g/mol. The minimum absolute atomic E-state index is 0.130. The molecule has 0 amide bonds. The first-order valence-corrected chi connectivity index (χ1v) is 7.82. The van der Waals surface area contributed by atoms with Gasteiger partial charge in [-0.05, 0) is 25.7 Å². The fraction of sp³-hybridized carbons (Fsp3) is 0.812. The largest absolute Gasteiger partial charge is 0.464 e. The van der Waals surface area contributed by atoms with Crippen LogP contribution >= 0.6 is 0 Å². The Morgan fingerprint density at radius 3 is 2.32 bits per heavy atom. The monoisotopic (exact) mass is 269 g/mol. The number of nitrogens with two attached hydrogens (primary N) is 1. The zero-order valence-electron chi connectivity index (χ0n) is 12.5. The fourth-order valence-electron chi connectivity index (χ4n) is 1.89. The SMILES string of the molecule is CCCCCCCC/C=C/CCCC(=O)OCCN. The van der Waals surface area contributed by atoms with Gasteiger partial charge in [-0.1, -0.05) is 51.2 Å². The minimum Gasteiger partial charge on any atom is -0.464 e. The van der Waals surface area contributed by atoms with Crippen LogP contribution in [0.3, 0.4) is 0 Å². The van der Waals surface area contributed by atoms with Crippen LogP contribution in [0.1, 0.15) is 71.1 Å². The van der Waals surface area contributed by atoms with Gasteiger partial charge in [0.25, 0.3) is 0 Å². The molecule has 0 saturated heterocycles. The second-order valence-electron chi connectivity index (χ2n) is 4.93. The van der Waals surface area contributed by atoms with Crippen molar-refractivity contribution in [3.63, 3.8) is 0 Å². The summed E-state index contributed by atoms with van der Waals surface area (Å²) in [5.41, 5.74) is 5.25. The summed E-state index contributed by atoms with van der Waals surface area (Å²) in [4.78, 5) is 11.2. The van der Waals surface area contributed by atoms with Crippen molar-refractivity contribution in [3.05, 3.63) is 12.2 Å². The van der Waals surface area contributed by atoms with Crippen LogP contribution in [0.25, 0.3) is 0 Å². The van der Waals surface area contributed by atoms with Gasteiger partial charge < -0.3 is 10.5 Å². The van der Waals surface area contributed by atoms with Crippen LogP contribution in [0.15, 0.2) is 12.2 Å². The molecule has 112 valence electrons. The van der Waals surface area contributed by atoms with Gasteiger partial charge in [-0.2, -0.15) is 0 Å². The smallest absolute Gasteiger partial charge is 0.305 e. The lowest BCUT2D eigenvalue weighted by molar-refractivity contribution is -0.143. The van der Waals surface area contributed by atoms with Crippen molar-refractivity contribution in [1.29, 1.82) is 0 Å². The zero-order chi connectivity index (χ0) is 14.2. The highest BCUT2D eigenvalue weighted by atomic mass is 16.5. The fourth-order valence-corrected chi connectivity index (χ4v) is 1.89. The third kappa shape index (κ3) is 15.1. The van der Waals surface area contributed by atoms with E-state index in [0.717, 1.165) is 12.8 Å². The molecule has 0 unspecified atom stereocenters. The van der Waals surface area contributed by atoms with Crippen molar-refractivity contribution in [1.82, 2.24) is 0 Å². The number of hydrogen-bond acceptors (Lipinski definition) is 3. The first-order chi connectivity index (χ1) is 9.31. The van der Waals surface area contributed by atoms with E-state index in [1.807, 2.05) is 0 Å². The quantitative estimate of drug-likeness (QED) is 0.313. The van der Waals surface area contributed by atoms with Crippen LogP contribution in [0.2, 0.25) is 0 Å². The van der Waals surface area contributed by atoms with E-state index in [0.29, 0.717) is 19.6 Å². The average Bonchev–Trinajstić information content (AvgIpc) is 2.42. The summed E-state index contributed by atoms with van der Waals surface area (Å²) in [6.07, 6.45) is 16.0. The maximum Gasteiger partial charge on any atom is 0.305 e. The van der Waals surface area contributed by atoms with Gasteiger partial charge in [0.1, 0.15) is 6.61 Å². The molecule has 0 heterocycles. The van der Waals surface area contributed by atoms with Crippen molar-refractivity contribution < 1.29 is 9.53 Å². The summed E-state index contributed by atoms with van der Waals surface area (Å²) >= 11 is 0. The molecule has 0 aliphatic carbocycles. The lowest BCUT2D eigenvalue weighted by Crippen LogP contribution is -2.13. The van der Waals surface area contributed by atoms with Gasteiger partial charge in [0.15, 0.2) is 0 Å². The standard InChI is InChI=1S/C16H31NO2/c1-2-3-4-5-6-7-8-9-10-11-12-13-16(18)19-15-14-17/h9-10H,2-8,11-15,17H2,1H3/b10-9+. The van der Waals surface area contributed by atoms with Crippen molar-refractivity contribution in [2.45, 2.75) is 71.1 Å². The third-order valence-electron chi connectivity index (χ3n) is 3.02. The van der Waals surface area contributed by atoms with Gasteiger partial charge in [0.2, 0.25) is 0 Å². The van der Waals surface area contributed by atoms with Gasteiger partial charge >= 0.3 is 5.97 Å². The molecule has 19 heavy (non-hydrogen) atoms. The number of carbonyl (C=O) groups excluding carboxylic acids is 1. The zero-order valence-corrected chi connectivity index (χ0v) is 12.5. The molecule has 0 aromatic carbocycles. The maximum atomic E-state index is 11.2. The highest BCUT2D eigenvalue weighted by Crippen LogP contribution is 2.07. The lowest BCUT2D eigenvalue weighted by atomic mass is 10.1. The molecule has 0 spiro atoms. The Morgan fingerprint density at radius 1 is 1.00 bits per heavy atom. The summed E-state index contributed by atoms with van der Waals surface area (Å²) in [6, 6.07) is 0. The molecule has 0 radical (unpaired) electrons. The summed E-state index contributed by atoms with van der Waals surface area (Å²) in [6.45, 7) is 2.99. The van der Waals surface area contributed by atoms with Crippen LogP contribution in [-0.2, 0) is 9.53 Å². The van der Waals surface area contributed by atoms with Crippen LogP contribution in [0.4, 0.5) is 0 Å². The molecule has 0 bridgehead atoms. The highest BCUT2D eigenvalue weighted by molar-refractivity contribution is 5.69. The molecule has 3 nitrogen and oxygen atoms in total. The van der Waals surface area contributed by atoms with Gasteiger partial charge in [0.05, 0.1) is 0 Å². The van der Waals surface area contributed by atoms with Crippen molar-refractivity contribution in [2.24, 2.45) is 5.73 Å². The molecule has 0 aliphatic heterocycles. The van der Waals surface area contributed by atoms with Crippen molar-refractivity contribution in [3.8, 4) is 0 Å². The Labute approximate surface area is 118 Å². The first kappa shape index (κ1) is 18.2. The van der Waals surface area contributed by atoms with Crippen LogP contribution < -0.4 is 5.73 Å². The van der Waals surface area contributed by atoms with Crippen LogP contribution in [-0.4, -0.2) is 19.1 Å². The van der Waals surface area contributed by atoms with E-state index < -0.39 is 0 Å². The van der Waals surface area contributed by atoms with Gasteiger partial charge in [-0.3, -0.25) is 4.79 Å². The van der Waals surface area contributed by atoms with Gasteiger partial charge in [0, 0.05) is 13.0 Å². The molecule has 0 aromatic heterocycles. The summed E-state index contributed by atoms with van der Waals surface area (Å²) in [5, 5.41) is 0. The number of allylic oxidation sites excluding steroid dienone is 2. The van der Waals surface area contributed by atoms with Crippen molar-refractivity contribution in [2.75, 3.05) is 13.2 Å². The number of hydrogen-bond donors (Lipinski definition) is 1. The lowest BCUT2D eigenvalue weighted by Gasteiger charge is -2.01. The maximum absolute atomic E-state index is 11.2. The van der Waals surface area contributed by atoms with Crippen molar-refractivity contribution >= 4 is 5.97 Å². The van der Waals surface area contributed by atoms with E-state index in [2.05, 4.69) is 19.1 Å². The Kier molecular flexibility index (Phi) is 14.6. The predicted octanol–water partition coefficient (Wildman–Crippen LogP) is 3.97. The predicted molar refractivity (Wildman–Crippen MR) is 81.0 cm³/mol. The van der Waals surface area contributed by atoms with E-state index in [1.165, 1.54) is 44.9 Å². The first-order valence-electron chi connectivity index (χ1n) is 7.82. The summed E-state index contributed by atoms with van der Waals surface area (Å²) < 4.78 is 4.89. The number of ether oxygens (including phenoxy) is 1. The molecule has 0 saturated carbocycles. The number of rotatable bonds is 13. The molecule has 0 atom stereocenters. The van der Waals surface area contributed by atoms with E-state index in [-0.39, 0.29) is 5.97 Å². The van der Waals surface area contributed by atoms with E-state index in [9.17, 15) is 4.79 Å². The molecule has 3 heteroatoms. The normalized spacial score (nSPS) is 11.1. The Hall–Kier alpha value is -0.830. The van der Waals surface area contributed by atoms with E-state index in [1.54, 1.807) is 0 Å². The van der Waals surface area contributed by atoms with Gasteiger partial charge in [-0.15, -0.1) is 0 Å². The molecular weight excluding hydrogens is 238 g/mol. The Balaban J connectivity index is 3.19. The summed E-state index contributed by atoms with van der Waals surface area (Å²) in [5.74, 6) is -0.130. The second kappa shape index (κ2) is 15.2. The highest BCUT2D eigenvalue weighted by Gasteiger charge is 1.99. The molecule has 0 aromatic rings. The van der Waals surface area contributed by atoms with Gasteiger partial charge in [-0.25, -0.2) is 0 Å². The Morgan fingerprint density at radius 2 is 1.63 bits per heavy atom. The number of esters is 1. The number of carbonyl (C=O) groups is 1. The van der Waals surface area contributed by atoms with Crippen LogP contribution in [0.5, 0.6) is 0 Å². The third-order valence-corrected chi connectivity index (χ3v) is 3.02. The topological polar surface area (TPSA) is 52.3 Å². The Bertz CT molecular complexity index is 227. The molecular formula is C16H31NO2. The van der Waals surface area contributed by atoms with Crippen LogP contribution in [0, 0.1) is 0 Å².